The summed E-state index contributed by atoms with van der Waals surface area (Å²) in [6.07, 6.45) is 5.74. The molecule has 0 aliphatic carbocycles. The van der Waals surface area contributed by atoms with Crippen molar-refractivity contribution in [3.8, 4) is 29.6 Å². The molecule has 2 heterocycles. The molecule has 0 saturated carbocycles. The second kappa shape index (κ2) is 7.41. The average molecular weight is 394 g/mol. The van der Waals surface area contributed by atoms with Crippen LogP contribution in [0, 0.1) is 19.3 Å². The summed E-state index contributed by atoms with van der Waals surface area (Å²) < 4.78 is 18.9. The Morgan fingerprint density at radius 3 is 2.82 bits per heavy atom. The predicted octanol–water partition coefficient (Wildman–Crippen LogP) is 3.05. The Bertz CT molecular complexity index is 1180. The van der Waals surface area contributed by atoms with Gasteiger partial charge in [-0.05, 0) is 24.1 Å². The molecule has 3 aromatic rings. The summed E-state index contributed by atoms with van der Waals surface area (Å²) >= 11 is 1.40. The lowest BCUT2D eigenvalue weighted by Gasteiger charge is -2.06. The zero-order chi connectivity index (χ0) is 19.7. The molecule has 1 aliphatic rings. The number of amides is 1. The zero-order valence-electron chi connectivity index (χ0n) is 15.5. The Labute approximate surface area is 166 Å². The van der Waals surface area contributed by atoms with E-state index in [1.54, 1.807) is 7.11 Å². The van der Waals surface area contributed by atoms with E-state index < -0.39 is 0 Å². The van der Waals surface area contributed by atoms with Crippen LogP contribution in [0.15, 0.2) is 35.3 Å². The fourth-order valence-electron chi connectivity index (χ4n) is 3.16. The number of fused-ring (bicyclic) bond motifs is 2. The van der Waals surface area contributed by atoms with Crippen LogP contribution in [0.2, 0.25) is 0 Å². The van der Waals surface area contributed by atoms with Gasteiger partial charge in [0.25, 0.3) is 5.91 Å². The number of ether oxygens (including phenoxy) is 3. The van der Waals surface area contributed by atoms with Crippen molar-refractivity contribution in [3.63, 3.8) is 0 Å². The van der Waals surface area contributed by atoms with Crippen molar-refractivity contribution >= 4 is 27.5 Å². The van der Waals surface area contributed by atoms with Crippen molar-refractivity contribution in [2.24, 2.45) is 4.99 Å². The summed E-state index contributed by atoms with van der Waals surface area (Å²) in [7, 11) is 1.63. The van der Waals surface area contributed by atoms with E-state index in [1.807, 2.05) is 41.8 Å². The molecule has 142 valence electrons. The third kappa shape index (κ3) is 3.35. The van der Waals surface area contributed by atoms with E-state index in [9.17, 15) is 4.79 Å². The molecule has 4 rings (SSSR count). The molecular weight excluding hydrogens is 376 g/mol. The van der Waals surface area contributed by atoms with Gasteiger partial charge in [0.1, 0.15) is 5.75 Å². The Kier molecular flexibility index (Phi) is 4.80. The van der Waals surface area contributed by atoms with Gasteiger partial charge in [0.2, 0.25) is 6.79 Å². The van der Waals surface area contributed by atoms with Crippen molar-refractivity contribution in [2.75, 3.05) is 13.9 Å². The van der Waals surface area contributed by atoms with E-state index >= 15 is 0 Å². The first kappa shape index (κ1) is 18.1. The standard InChI is InChI=1S/C21H18N2O4S/c1-4-7-23-15-10-17-18(27-12-26-17)11-19(15)28-21(23)22-20(24)9-14-5-6-16(25-3)13(2)8-14/h1,5-6,8,10-11H,7,9,12H2,2-3H3. The molecule has 0 saturated heterocycles. The highest BCUT2D eigenvalue weighted by atomic mass is 32.1. The van der Waals surface area contributed by atoms with Gasteiger partial charge < -0.3 is 18.8 Å². The first-order valence-electron chi connectivity index (χ1n) is 8.66. The van der Waals surface area contributed by atoms with Crippen LogP contribution in [-0.2, 0) is 17.8 Å². The van der Waals surface area contributed by atoms with E-state index in [0.717, 1.165) is 27.1 Å². The van der Waals surface area contributed by atoms with Crippen LogP contribution < -0.4 is 19.0 Å². The largest absolute Gasteiger partial charge is 0.496 e. The molecular formula is C21H18N2O4S. The van der Waals surface area contributed by atoms with Crippen molar-refractivity contribution in [1.29, 1.82) is 0 Å². The molecule has 2 aromatic carbocycles. The van der Waals surface area contributed by atoms with Crippen LogP contribution in [0.25, 0.3) is 10.2 Å². The average Bonchev–Trinajstić information content (AvgIpc) is 3.24. The van der Waals surface area contributed by atoms with Crippen LogP contribution in [0.5, 0.6) is 17.2 Å². The number of methoxy groups -OCH3 is 1. The van der Waals surface area contributed by atoms with Crippen LogP contribution in [0.3, 0.4) is 0 Å². The normalized spacial score (nSPS) is 13.0. The molecule has 0 radical (unpaired) electrons. The molecule has 6 nitrogen and oxygen atoms in total. The highest BCUT2D eigenvalue weighted by molar-refractivity contribution is 7.16. The summed E-state index contributed by atoms with van der Waals surface area (Å²) in [5, 5.41) is 0. The third-order valence-corrected chi connectivity index (χ3v) is 5.50. The van der Waals surface area contributed by atoms with Gasteiger partial charge in [-0.1, -0.05) is 29.4 Å². The van der Waals surface area contributed by atoms with E-state index in [2.05, 4.69) is 10.9 Å². The summed E-state index contributed by atoms with van der Waals surface area (Å²) in [6, 6.07) is 9.44. The molecule has 0 N–H and O–H groups in total. The second-order valence-corrected chi connectivity index (χ2v) is 7.34. The molecule has 0 atom stereocenters. The van der Waals surface area contributed by atoms with Crippen molar-refractivity contribution in [3.05, 3.63) is 46.3 Å². The van der Waals surface area contributed by atoms with Gasteiger partial charge in [-0.2, -0.15) is 4.99 Å². The Morgan fingerprint density at radius 2 is 2.11 bits per heavy atom. The van der Waals surface area contributed by atoms with E-state index in [-0.39, 0.29) is 19.1 Å². The molecule has 28 heavy (non-hydrogen) atoms. The summed E-state index contributed by atoms with van der Waals surface area (Å²) in [4.78, 5) is 17.5. The van der Waals surface area contributed by atoms with Crippen molar-refractivity contribution in [1.82, 2.24) is 4.57 Å². The minimum Gasteiger partial charge on any atom is -0.496 e. The number of carbonyl (C=O) groups is 1. The number of hydrogen-bond acceptors (Lipinski definition) is 5. The van der Waals surface area contributed by atoms with Gasteiger partial charge >= 0.3 is 0 Å². The lowest BCUT2D eigenvalue weighted by atomic mass is 10.1. The van der Waals surface area contributed by atoms with E-state index in [0.29, 0.717) is 22.8 Å². The fourth-order valence-corrected chi connectivity index (χ4v) is 4.22. The third-order valence-electron chi connectivity index (χ3n) is 4.46. The van der Waals surface area contributed by atoms with Gasteiger partial charge in [0.05, 0.1) is 30.3 Å². The Balaban J connectivity index is 1.70. The summed E-state index contributed by atoms with van der Waals surface area (Å²) in [5.74, 6) is 4.54. The first-order valence-corrected chi connectivity index (χ1v) is 9.48. The van der Waals surface area contributed by atoms with Gasteiger partial charge in [0.15, 0.2) is 16.3 Å². The molecule has 0 bridgehead atoms. The number of aryl methyl sites for hydroxylation is 1. The molecule has 1 aliphatic heterocycles. The van der Waals surface area contributed by atoms with Gasteiger partial charge in [-0.3, -0.25) is 4.79 Å². The number of thiazole rings is 1. The first-order chi connectivity index (χ1) is 13.6. The van der Waals surface area contributed by atoms with Crippen molar-refractivity contribution in [2.45, 2.75) is 19.9 Å². The number of carbonyl (C=O) groups excluding carboxylic acids is 1. The van der Waals surface area contributed by atoms with Crippen LogP contribution in [0.1, 0.15) is 11.1 Å². The van der Waals surface area contributed by atoms with E-state index in [1.165, 1.54) is 11.3 Å². The number of terminal acetylenes is 1. The Hall–Kier alpha value is -3.24. The molecule has 0 fully saturated rings. The lowest BCUT2D eigenvalue weighted by Crippen LogP contribution is -2.17. The van der Waals surface area contributed by atoms with Crippen LogP contribution in [-0.4, -0.2) is 24.4 Å². The number of benzene rings is 2. The summed E-state index contributed by atoms with van der Waals surface area (Å²) in [6.45, 7) is 2.46. The molecule has 0 unspecified atom stereocenters. The quantitative estimate of drug-likeness (QED) is 0.638. The van der Waals surface area contributed by atoms with Crippen molar-refractivity contribution < 1.29 is 19.0 Å². The smallest absolute Gasteiger partial charge is 0.252 e. The fraction of sp³-hybridized carbons (Fsp3) is 0.238. The highest BCUT2D eigenvalue weighted by Crippen LogP contribution is 2.36. The number of nitrogens with zero attached hydrogens (tertiary/aromatic N) is 2. The minimum absolute atomic E-state index is 0.206. The molecule has 1 amide bonds. The number of hydrogen-bond donors (Lipinski definition) is 0. The van der Waals surface area contributed by atoms with Crippen LogP contribution >= 0.6 is 11.3 Å². The Morgan fingerprint density at radius 1 is 1.32 bits per heavy atom. The topological polar surface area (TPSA) is 62.1 Å². The number of rotatable bonds is 4. The maximum absolute atomic E-state index is 12.6. The predicted molar refractivity (Wildman–Crippen MR) is 107 cm³/mol. The SMILES string of the molecule is C#CCn1c(=NC(=O)Cc2ccc(OC)c(C)c2)sc2cc3c(cc21)OCO3. The van der Waals surface area contributed by atoms with Gasteiger partial charge in [-0.15, -0.1) is 6.42 Å². The minimum atomic E-state index is -0.234. The number of aromatic nitrogens is 1. The van der Waals surface area contributed by atoms with Gasteiger partial charge in [0, 0.05) is 12.1 Å². The van der Waals surface area contributed by atoms with Crippen LogP contribution in [0.4, 0.5) is 0 Å². The maximum atomic E-state index is 12.6. The summed E-state index contributed by atoms with van der Waals surface area (Å²) in [5.41, 5.74) is 2.74. The maximum Gasteiger partial charge on any atom is 0.252 e. The monoisotopic (exact) mass is 394 g/mol. The van der Waals surface area contributed by atoms with Gasteiger partial charge in [-0.25, -0.2) is 0 Å². The lowest BCUT2D eigenvalue weighted by molar-refractivity contribution is -0.117. The second-order valence-electron chi connectivity index (χ2n) is 6.33. The molecule has 7 heteroatoms. The molecule has 0 spiro atoms. The molecule has 1 aromatic heterocycles. The highest BCUT2D eigenvalue weighted by Gasteiger charge is 2.17. The van der Waals surface area contributed by atoms with E-state index in [4.69, 9.17) is 20.6 Å². The zero-order valence-corrected chi connectivity index (χ0v) is 16.3.